The van der Waals surface area contributed by atoms with E-state index in [1.54, 1.807) is 6.26 Å². The second-order valence-corrected chi connectivity index (χ2v) is 7.54. The minimum atomic E-state index is 0.223. The van der Waals surface area contributed by atoms with Crippen LogP contribution in [0.25, 0.3) is 5.69 Å². The van der Waals surface area contributed by atoms with Crippen LogP contribution in [0, 0.1) is 0 Å². The van der Waals surface area contributed by atoms with E-state index in [1.807, 2.05) is 60.4 Å². The van der Waals surface area contributed by atoms with Gasteiger partial charge in [-0.25, -0.2) is 4.68 Å². The van der Waals surface area contributed by atoms with Crippen LogP contribution in [-0.4, -0.2) is 53.5 Å². The lowest BCUT2D eigenvalue weighted by Gasteiger charge is -2.22. The number of guanidine groups is 1. The van der Waals surface area contributed by atoms with Gasteiger partial charge in [0.2, 0.25) is 0 Å². The molecule has 0 amide bonds. The number of nitrogens with one attached hydrogen (secondary N) is 1. The topological polar surface area (TPSA) is 67.8 Å². The standard InChI is InChI=1S/C23H29N5O2/c1-27(17-19-15-26-28(18-19)20-7-3-2-4-8-20)23(25-16-22-10-6-14-30-22)24-12-11-21-9-5-13-29-21/h2-5,7-9,13,15,18,22H,6,10-12,14,16-17H2,1H3,(H,24,25). The summed E-state index contributed by atoms with van der Waals surface area (Å²) in [5.41, 5.74) is 2.18. The molecule has 1 aliphatic heterocycles. The molecule has 1 saturated heterocycles. The van der Waals surface area contributed by atoms with Crippen LogP contribution in [0.3, 0.4) is 0 Å². The number of para-hydroxylation sites is 1. The highest BCUT2D eigenvalue weighted by Crippen LogP contribution is 2.13. The Labute approximate surface area is 177 Å². The number of aliphatic imine (C=N–C) groups is 1. The lowest BCUT2D eigenvalue weighted by Crippen LogP contribution is -2.40. The summed E-state index contributed by atoms with van der Waals surface area (Å²) in [6.07, 6.45) is 8.91. The van der Waals surface area contributed by atoms with Gasteiger partial charge in [-0.15, -0.1) is 0 Å². The number of nitrogens with zero attached hydrogens (tertiary/aromatic N) is 4. The molecule has 4 rings (SSSR count). The van der Waals surface area contributed by atoms with Crippen LogP contribution in [0.4, 0.5) is 0 Å². The summed E-state index contributed by atoms with van der Waals surface area (Å²) in [6, 6.07) is 14.0. The lowest BCUT2D eigenvalue weighted by atomic mass is 10.2. The van der Waals surface area contributed by atoms with Crippen molar-refractivity contribution in [2.75, 3.05) is 26.7 Å². The molecule has 0 bridgehead atoms. The Kier molecular flexibility index (Phi) is 6.82. The molecule has 1 aliphatic rings. The molecule has 1 fully saturated rings. The van der Waals surface area contributed by atoms with Gasteiger partial charge < -0.3 is 19.4 Å². The number of benzene rings is 1. The summed E-state index contributed by atoms with van der Waals surface area (Å²) in [5, 5.41) is 7.97. The van der Waals surface area contributed by atoms with Gasteiger partial charge in [0.15, 0.2) is 5.96 Å². The van der Waals surface area contributed by atoms with E-state index in [1.165, 1.54) is 0 Å². The van der Waals surface area contributed by atoms with Crippen molar-refractivity contribution in [1.82, 2.24) is 20.0 Å². The molecular weight excluding hydrogens is 378 g/mol. The van der Waals surface area contributed by atoms with E-state index in [0.29, 0.717) is 13.1 Å². The van der Waals surface area contributed by atoms with Gasteiger partial charge in [0.1, 0.15) is 5.76 Å². The molecule has 2 aromatic heterocycles. The van der Waals surface area contributed by atoms with Gasteiger partial charge in [-0.1, -0.05) is 18.2 Å². The molecule has 0 radical (unpaired) electrons. The summed E-state index contributed by atoms with van der Waals surface area (Å²) in [4.78, 5) is 6.96. The normalized spacial score (nSPS) is 16.7. The molecule has 7 heteroatoms. The quantitative estimate of drug-likeness (QED) is 0.459. The largest absolute Gasteiger partial charge is 0.469 e. The molecule has 1 aromatic carbocycles. The smallest absolute Gasteiger partial charge is 0.194 e. The van der Waals surface area contributed by atoms with Crippen LogP contribution < -0.4 is 5.32 Å². The van der Waals surface area contributed by atoms with E-state index >= 15 is 0 Å². The van der Waals surface area contributed by atoms with Gasteiger partial charge >= 0.3 is 0 Å². The Bertz CT molecular complexity index is 914. The lowest BCUT2D eigenvalue weighted by molar-refractivity contribution is 0.117. The summed E-state index contributed by atoms with van der Waals surface area (Å²) >= 11 is 0. The average Bonchev–Trinajstić information content (AvgIpc) is 3.54. The molecule has 3 aromatic rings. The van der Waals surface area contributed by atoms with Gasteiger partial charge in [0, 0.05) is 44.9 Å². The fourth-order valence-corrected chi connectivity index (χ4v) is 3.55. The van der Waals surface area contributed by atoms with E-state index in [0.717, 1.165) is 55.4 Å². The molecule has 7 nitrogen and oxygen atoms in total. The molecule has 3 heterocycles. The highest BCUT2D eigenvalue weighted by atomic mass is 16.5. The third kappa shape index (κ3) is 5.51. The first-order valence-corrected chi connectivity index (χ1v) is 10.5. The molecule has 1 atom stereocenters. The molecule has 1 unspecified atom stereocenters. The molecular formula is C23H29N5O2. The van der Waals surface area contributed by atoms with Crippen molar-refractivity contribution < 1.29 is 9.15 Å². The van der Waals surface area contributed by atoms with Crippen molar-refractivity contribution in [1.29, 1.82) is 0 Å². The van der Waals surface area contributed by atoms with Crippen LogP contribution in [0.1, 0.15) is 24.2 Å². The Morgan fingerprint density at radius 1 is 1.27 bits per heavy atom. The van der Waals surface area contributed by atoms with Crippen molar-refractivity contribution in [2.24, 2.45) is 4.99 Å². The molecule has 1 N–H and O–H groups in total. The van der Waals surface area contributed by atoms with Gasteiger partial charge in [-0.2, -0.15) is 5.10 Å². The zero-order chi connectivity index (χ0) is 20.6. The first-order chi connectivity index (χ1) is 14.8. The van der Waals surface area contributed by atoms with Crippen molar-refractivity contribution >= 4 is 5.96 Å². The predicted octanol–water partition coefficient (Wildman–Crippen LogP) is 3.26. The first-order valence-electron chi connectivity index (χ1n) is 10.5. The monoisotopic (exact) mass is 407 g/mol. The molecule has 0 aliphatic carbocycles. The summed E-state index contributed by atoms with van der Waals surface area (Å²) in [5.74, 6) is 1.83. The Balaban J connectivity index is 1.39. The minimum absolute atomic E-state index is 0.223. The molecule has 30 heavy (non-hydrogen) atoms. The fourth-order valence-electron chi connectivity index (χ4n) is 3.55. The summed E-state index contributed by atoms with van der Waals surface area (Å²) in [7, 11) is 2.05. The highest BCUT2D eigenvalue weighted by molar-refractivity contribution is 5.79. The van der Waals surface area contributed by atoms with E-state index in [9.17, 15) is 0 Å². The molecule has 158 valence electrons. The number of rotatable bonds is 8. The van der Waals surface area contributed by atoms with E-state index in [-0.39, 0.29) is 6.10 Å². The number of hydrogen-bond donors (Lipinski definition) is 1. The third-order valence-electron chi connectivity index (χ3n) is 5.14. The van der Waals surface area contributed by atoms with Gasteiger partial charge in [-0.3, -0.25) is 4.99 Å². The number of furan rings is 1. The summed E-state index contributed by atoms with van der Waals surface area (Å²) in [6.45, 7) is 2.99. The maximum absolute atomic E-state index is 5.74. The van der Waals surface area contributed by atoms with Gasteiger partial charge in [-0.05, 0) is 37.1 Å². The van der Waals surface area contributed by atoms with Crippen molar-refractivity contribution in [3.8, 4) is 5.69 Å². The Morgan fingerprint density at radius 3 is 2.93 bits per heavy atom. The average molecular weight is 408 g/mol. The second kappa shape index (κ2) is 10.1. The van der Waals surface area contributed by atoms with Crippen LogP contribution in [0.2, 0.25) is 0 Å². The maximum Gasteiger partial charge on any atom is 0.194 e. The van der Waals surface area contributed by atoms with Crippen LogP contribution in [0.5, 0.6) is 0 Å². The van der Waals surface area contributed by atoms with E-state index in [4.69, 9.17) is 14.1 Å². The van der Waals surface area contributed by atoms with E-state index < -0.39 is 0 Å². The summed E-state index contributed by atoms with van der Waals surface area (Å²) < 4.78 is 13.1. The third-order valence-corrected chi connectivity index (χ3v) is 5.14. The van der Waals surface area contributed by atoms with Crippen molar-refractivity contribution in [3.63, 3.8) is 0 Å². The number of aromatic nitrogens is 2. The van der Waals surface area contributed by atoms with Gasteiger partial charge in [0.25, 0.3) is 0 Å². The van der Waals surface area contributed by atoms with Gasteiger partial charge in [0.05, 0.1) is 30.8 Å². The molecule has 0 saturated carbocycles. The zero-order valence-corrected chi connectivity index (χ0v) is 17.4. The number of ether oxygens (including phenoxy) is 1. The first kappa shape index (κ1) is 20.2. The minimum Gasteiger partial charge on any atom is -0.469 e. The molecule has 0 spiro atoms. The van der Waals surface area contributed by atoms with Crippen molar-refractivity contribution in [2.45, 2.75) is 31.9 Å². The van der Waals surface area contributed by atoms with E-state index in [2.05, 4.69) is 21.5 Å². The highest BCUT2D eigenvalue weighted by Gasteiger charge is 2.16. The van der Waals surface area contributed by atoms with Crippen LogP contribution >= 0.6 is 0 Å². The van der Waals surface area contributed by atoms with Crippen LogP contribution in [0.15, 0.2) is 70.5 Å². The number of hydrogen-bond acceptors (Lipinski definition) is 4. The van der Waals surface area contributed by atoms with Crippen LogP contribution in [-0.2, 0) is 17.7 Å². The maximum atomic E-state index is 5.74. The SMILES string of the molecule is CN(Cc1cnn(-c2ccccc2)c1)C(=NCC1CCCO1)NCCc1ccco1. The Hall–Kier alpha value is -3.06. The van der Waals surface area contributed by atoms with Crippen molar-refractivity contribution in [3.05, 3.63) is 72.4 Å². The zero-order valence-electron chi connectivity index (χ0n) is 17.4. The predicted molar refractivity (Wildman–Crippen MR) is 117 cm³/mol. The second-order valence-electron chi connectivity index (χ2n) is 7.54. The fraction of sp³-hybridized carbons (Fsp3) is 0.391. The Morgan fingerprint density at radius 2 is 2.17 bits per heavy atom.